The minimum atomic E-state index is -0.802. The summed E-state index contributed by atoms with van der Waals surface area (Å²) in [5.41, 5.74) is 5.78. The molecule has 0 aliphatic carbocycles. The number of hydrogen-bond acceptors (Lipinski definition) is 5. The van der Waals surface area contributed by atoms with E-state index < -0.39 is 11.9 Å². The van der Waals surface area contributed by atoms with Crippen molar-refractivity contribution in [2.75, 3.05) is 20.2 Å². The van der Waals surface area contributed by atoms with Gasteiger partial charge in [-0.25, -0.2) is 9.37 Å². The predicted octanol–water partition coefficient (Wildman–Crippen LogP) is 6.46. The van der Waals surface area contributed by atoms with Crippen LogP contribution in [0, 0.1) is 17.2 Å². The van der Waals surface area contributed by atoms with Gasteiger partial charge in [-0.15, -0.1) is 0 Å². The fourth-order valence-electron chi connectivity index (χ4n) is 5.76. The lowest BCUT2D eigenvalue weighted by molar-refractivity contribution is -0.141. The molecule has 1 aromatic heterocycles. The molecule has 0 saturated carbocycles. The molecule has 2 aromatic carbocycles. The van der Waals surface area contributed by atoms with Crippen LogP contribution in [0.15, 0.2) is 48.7 Å². The largest absolute Gasteiger partial charge is 0.485 e. The van der Waals surface area contributed by atoms with Crippen LogP contribution in [-0.4, -0.2) is 41.2 Å². The zero-order valence-electron chi connectivity index (χ0n) is 23.2. The van der Waals surface area contributed by atoms with E-state index in [1.165, 1.54) is 13.3 Å². The van der Waals surface area contributed by atoms with Crippen molar-refractivity contribution in [3.05, 3.63) is 76.7 Å². The summed E-state index contributed by atoms with van der Waals surface area (Å²) in [5, 5.41) is 9.31. The summed E-state index contributed by atoms with van der Waals surface area (Å²) < 4.78 is 26.8. The van der Waals surface area contributed by atoms with Crippen molar-refractivity contribution in [2.45, 2.75) is 59.1 Å². The molecular formula is C32H37FN2O4. The molecule has 0 radical (unpaired) electrons. The number of carboxylic acid groups (broad SMARTS) is 1. The maximum absolute atomic E-state index is 15.0. The lowest BCUT2D eigenvalue weighted by atomic mass is 9.91. The highest BCUT2D eigenvalue weighted by Crippen LogP contribution is 2.39. The van der Waals surface area contributed by atoms with Gasteiger partial charge >= 0.3 is 5.97 Å². The van der Waals surface area contributed by atoms with Crippen LogP contribution in [-0.2, 0) is 24.2 Å². The first-order valence-electron chi connectivity index (χ1n) is 13.7. The van der Waals surface area contributed by atoms with E-state index in [9.17, 15) is 9.90 Å². The van der Waals surface area contributed by atoms with Crippen molar-refractivity contribution in [3.8, 4) is 22.8 Å². The molecule has 0 unspecified atom stereocenters. The Kier molecular flexibility index (Phi) is 7.63. The quantitative estimate of drug-likeness (QED) is 0.359. The third-order valence-electron chi connectivity index (χ3n) is 8.02. The molecule has 1 saturated heterocycles. The number of methoxy groups -OCH3 is 1. The smallest absolute Gasteiger partial charge is 0.306 e. The first-order valence-corrected chi connectivity index (χ1v) is 13.7. The van der Waals surface area contributed by atoms with E-state index in [1.54, 1.807) is 13.0 Å². The van der Waals surface area contributed by atoms with Crippen LogP contribution in [0.3, 0.4) is 0 Å². The molecule has 2 aliphatic heterocycles. The van der Waals surface area contributed by atoms with Gasteiger partial charge in [0, 0.05) is 24.7 Å². The van der Waals surface area contributed by atoms with Gasteiger partial charge in [0.2, 0.25) is 5.88 Å². The second-order valence-corrected chi connectivity index (χ2v) is 11.8. The monoisotopic (exact) mass is 532 g/mol. The average molecular weight is 533 g/mol. The van der Waals surface area contributed by atoms with Crippen molar-refractivity contribution < 1.29 is 23.8 Å². The number of benzene rings is 2. The number of hydrogen-bond donors (Lipinski definition) is 1. The second-order valence-electron chi connectivity index (χ2n) is 11.8. The van der Waals surface area contributed by atoms with Crippen LogP contribution < -0.4 is 9.47 Å². The summed E-state index contributed by atoms with van der Waals surface area (Å²) in [4.78, 5) is 17.8. The summed E-state index contributed by atoms with van der Waals surface area (Å²) in [6.07, 6.45) is 4.39. The van der Waals surface area contributed by atoms with Gasteiger partial charge in [-0.2, -0.15) is 0 Å². The zero-order chi connectivity index (χ0) is 27.7. The maximum atomic E-state index is 15.0. The second kappa shape index (κ2) is 11.0. The number of halogens is 1. The van der Waals surface area contributed by atoms with Gasteiger partial charge in [-0.3, -0.25) is 9.69 Å². The number of ether oxygens (including phenoxy) is 2. The van der Waals surface area contributed by atoms with E-state index in [0.29, 0.717) is 17.9 Å². The molecule has 2 aliphatic rings. The van der Waals surface area contributed by atoms with Gasteiger partial charge in [-0.1, -0.05) is 51.1 Å². The number of rotatable bonds is 8. The van der Waals surface area contributed by atoms with E-state index in [1.807, 2.05) is 24.3 Å². The van der Waals surface area contributed by atoms with Gasteiger partial charge in [0.05, 0.1) is 19.2 Å². The number of nitrogens with zero attached hydrogens (tertiary/aromatic N) is 2. The Morgan fingerprint density at radius 2 is 2.05 bits per heavy atom. The third kappa shape index (κ3) is 6.09. The molecule has 3 aromatic rings. The zero-order valence-corrected chi connectivity index (χ0v) is 23.2. The van der Waals surface area contributed by atoms with E-state index in [0.717, 1.165) is 72.5 Å². The molecule has 6 nitrogen and oxygen atoms in total. The Morgan fingerprint density at radius 1 is 1.23 bits per heavy atom. The summed E-state index contributed by atoms with van der Waals surface area (Å²) in [5.74, 6) is -0.441. The molecule has 3 heterocycles. The summed E-state index contributed by atoms with van der Waals surface area (Å²) in [7, 11) is 1.53. The minimum Gasteiger partial charge on any atom is -0.485 e. The molecule has 7 heteroatoms. The van der Waals surface area contributed by atoms with Crippen LogP contribution in [0.1, 0.15) is 62.0 Å². The van der Waals surface area contributed by atoms with Crippen molar-refractivity contribution in [1.29, 1.82) is 0 Å². The Hall–Kier alpha value is -3.45. The number of aryl methyl sites for hydroxylation is 1. The van der Waals surface area contributed by atoms with Crippen LogP contribution in [0.4, 0.5) is 4.39 Å². The standard InChI is InChI=1S/C32H37FN2O4/c1-20(31(36)37)13-21-5-6-22-8-10-28(39-29(22)14-21)23-7-9-25(26-16-30(38-4)34-17-27(26)33)24(15-23)18-35-12-11-32(2,3)19-35/h5-7,9,14-17,20,28H,8,10-13,18-19H2,1-4H3,(H,36,37)/t20-,28-/m0/s1. The number of aromatic nitrogens is 1. The summed E-state index contributed by atoms with van der Waals surface area (Å²) in [6, 6.07) is 13.9. The SMILES string of the molecule is COc1cc(-c2ccc([C@@H]3CCc4ccc(C[C@H](C)C(=O)O)cc4O3)cc2CN2CCC(C)(C)C2)c(F)cn1. The summed E-state index contributed by atoms with van der Waals surface area (Å²) >= 11 is 0. The van der Waals surface area contributed by atoms with Crippen molar-refractivity contribution in [1.82, 2.24) is 9.88 Å². The highest BCUT2D eigenvalue weighted by Gasteiger charge is 2.30. The van der Waals surface area contributed by atoms with Crippen LogP contribution in [0.25, 0.3) is 11.1 Å². The molecule has 0 bridgehead atoms. The van der Waals surface area contributed by atoms with Crippen molar-refractivity contribution >= 4 is 5.97 Å². The molecule has 2 atom stereocenters. The Balaban J connectivity index is 1.46. The molecule has 206 valence electrons. The lowest BCUT2D eigenvalue weighted by Gasteiger charge is -2.28. The van der Waals surface area contributed by atoms with Crippen molar-refractivity contribution in [3.63, 3.8) is 0 Å². The molecular weight excluding hydrogens is 495 g/mol. The number of carbonyl (C=O) groups is 1. The Morgan fingerprint density at radius 3 is 2.77 bits per heavy atom. The number of carboxylic acids is 1. The van der Waals surface area contributed by atoms with Gasteiger partial charge in [-0.05, 0) is 71.5 Å². The first-order chi connectivity index (χ1) is 18.6. The number of pyridine rings is 1. The van der Waals surface area contributed by atoms with Gasteiger partial charge in [0.15, 0.2) is 0 Å². The van der Waals surface area contributed by atoms with E-state index in [4.69, 9.17) is 9.47 Å². The molecule has 39 heavy (non-hydrogen) atoms. The van der Waals surface area contributed by atoms with Gasteiger partial charge in [0.1, 0.15) is 17.7 Å². The minimum absolute atomic E-state index is 0.135. The molecule has 1 fully saturated rings. The molecule has 0 spiro atoms. The third-order valence-corrected chi connectivity index (χ3v) is 8.02. The van der Waals surface area contributed by atoms with Crippen LogP contribution in [0.5, 0.6) is 11.6 Å². The number of aliphatic carboxylic acids is 1. The van der Waals surface area contributed by atoms with E-state index in [-0.39, 0.29) is 17.3 Å². The van der Waals surface area contributed by atoms with Crippen LogP contribution in [0.2, 0.25) is 0 Å². The van der Waals surface area contributed by atoms with Gasteiger partial charge in [0.25, 0.3) is 0 Å². The van der Waals surface area contributed by atoms with E-state index >= 15 is 4.39 Å². The number of likely N-dealkylation sites (tertiary alicyclic amines) is 1. The predicted molar refractivity (Wildman–Crippen MR) is 148 cm³/mol. The van der Waals surface area contributed by atoms with E-state index in [2.05, 4.69) is 35.9 Å². The Labute approximate surface area is 229 Å². The average Bonchev–Trinajstić information content (AvgIpc) is 3.26. The molecule has 0 amide bonds. The van der Waals surface area contributed by atoms with Crippen LogP contribution >= 0.6 is 0 Å². The maximum Gasteiger partial charge on any atom is 0.306 e. The lowest BCUT2D eigenvalue weighted by Crippen LogP contribution is -2.23. The number of fused-ring (bicyclic) bond motifs is 1. The summed E-state index contributed by atoms with van der Waals surface area (Å²) in [6.45, 7) is 9.01. The normalized spacial score (nSPS) is 19.3. The molecule has 5 rings (SSSR count). The highest BCUT2D eigenvalue weighted by atomic mass is 19.1. The fraction of sp³-hybridized carbons (Fsp3) is 0.438. The highest BCUT2D eigenvalue weighted by molar-refractivity contribution is 5.70. The topological polar surface area (TPSA) is 71.9 Å². The van der Waals surface area contributed by atoms with Gasteiger partial charge < -0.3 is 14.6 Å². The Bertz CT molecular complexity index is 1370. The first kappa shape index (κ1) is 27.1. The van der Waals surface area contributed by atoms with Crippen molar-refractivity contribution in [2.24, 2.45) is 11.3 Å². The fourth-order valence-corrected chi connectivity index (χ4v) is 5.76. The molecule has 1 N–H and O–H groups in total.